The molecule has 0 unspecified atom stereocenters. The van der Waals surface area contributed by atoms with Gasteiger partial charge in [0.1, 0.15) is 29.7 Å². The van der Waals surface area contributed by atoms with Crippen molar-refractivity contribution in [2.75, 3.05) is 12.4 Å². The van der Waals surface area contributed by atoms with Gasteiger partial charge in [-0.25, -0.2) is 4.39 Å². The number of aryl methyl sites for hydroxylation is 1. The van der Waals surface area contributed by atoms with Crippen LogP contribution in [0.5, 0.6) is 11.5 Å². The molecule has 0 saturated carbocycles. The molecule has 7 nitrogen and oxygen atoms in total. The van der Waals surface area contributed by atoms with Gasteiger partial charge in [-0.05, 0) is 67.9 Å². The molecule has 1 amide bonds. The maximum Gasteiger partial charge on any atom is 0.291 e. The molecule has 0 aliphatic carbocycles. The third kappa shape index (κ3) is 5.23. The summed E-state index contributed by atoms with van der Waals surface area (Å²) in [6.07, 6.45) is 0. The van der Waals surface area contributed by atoms with Gasteiger partial charge in [0.15, 0.2) is 5.76 Å². The predicted molar refractivity (Wildman–Crippen MR) is 121 cm³/mol. The zero-order valence-electron chi connectivity index (χ0n) is 18.6. The number of methoxy groups -OCH3 is 1. The lowest BCUT2D eigenvalue weighted by atomic mass is 10.2. The fraction of sp³-hybridized carbons (Fsp3) is 0.200. The topological polar surface area (TPSA) is 78.5 Å². The van der Waals surface area contributed by atoms with Crippen molar-refractivity contribution < 1.29 is 23.1 Å². The zero-order chi connectivity index (χ0) is 23.4. The van der Waals surface area contributed by atoms with E-state index in [2.05, 4.69) is 10.4 Å². The number of furan rings is 1. The Morgan fingerprint density at radius 3 is 2.64 bits per heavy atom. The van der Waals surface area contributed by atoms with Crippen molar-refractivity contribution in [1.82, 2.24) is 9.78 Å². The van der Waals surface area contributed by atoms with Gasteiger partial charge in [-0.3, -0.25) is 9.48 Å². The number of hydrogen-bond donors (Lipinski definition) is 1. The van der Waals surface area contributed by atoms with Crippen LogP contribution in [-0.2, 0) is 13.2 Å². The van der Waals surface area contributed by atoms with Crippen LogP contribution >= 0.6 is 0 Å². The molecular formula is C25H24FN3O4. The van der Waals surface area contributed by atoms with Crippen molar-refractivity contribution in [1.29, 1.82) is 0 Å². The van der Waals surface area contributed by atoms with Crippen molar-refractivity contribution >= 4 is 11.6 Å². The first-order chi connectivity index (χ1) is 15.9. The maximum atomic E-state index is 13.0. The van der Waals surface area contributed by atoms with Crippen LogP contribution in [0.15, 0.2) is 65.1 Å². The lowest BCUT2D eigenvalue weighted by molar-refractivity contribution is 0.0992. The van der Waals surface area contributed by atoms with Crippen LogP contribution in [-0.4, -0.2) is 22.8 Å². The molecule has 170 valence electrons. The molecule has 0 radical (unpaired) electrons. The monoisotopic (exact) mass is 449 g/mol. The lowest BCUT2D eigenvalue weighted by Gasteiger charge is -2.08. The fourth-order valence-corrected chi connectivity index (χ4v) is 3.41. The van der Waals surface area contributed by atoms with Crippen LogP contribution < -0.4 is 14.8 Å². The van der Waals surface area contributed by atoms with E-state index in [0.717, 1.165) is 17.0 Å². The van der Waals surface area contributed by atoms with E-state index in [9.17, 15) is 9.18 Å². The number of hydrogen-bond acceptors (Lipinski definition) is 5. The Labute approximate surface area is 190 Å². The summed E-state index contributed by atoms with van der Waals surface area (Å²) in [5, 5.41) is 7.46. The van der Waals surface area contributed by atoms with Gasteiger partial charge in [-0.2, -0.15) is 5.10 Å². The first-order valence-electron chi connectivity index (χ1n) is 10.4. The number of carbonyl (C=O) groups excluding carboxylic acids is 1. The molecule has 2 aromatic carbocycles. The molecule has 33 heavy (non-hydrogen) atoms. The van der Waals surface area contributed by atoms with E-state index >= 15 is 0 Å². The van der Waals surface area contributed by atoms with Crippen molar-refractivity contribution in [3.05, 3.63) is 95.0 Å². The number of benzene rings is 2. The molecule has 4 aromatic rings. The Morgan fingerprint density at radius 1 is 1.09 bits per heavy atom. The van der Waals surface area contributed by atoms with Gasteiger partial charge in [0.05, 0.1) is 30.7 Å². The fourth-order valence-electron chi connectivity index (χ4n) is 3.41. The average molecular weight is 449 g/mol. The van der Waals surface area contributed by atoms with E-state index in [1.165, 1.54) is 24.3 Å². The van der Waals surface area contributed by atoms with Crippen molar-refractivity contribution in [2.24, 2.45) is 0 Å². The molecule has 0 atom stereocenters. The predicted octanol–water partition coefficient (Wildman–Crippen LogP) is 5.12. The van der Waals surface area contributed by atoms with Crippen LogP contribution in [0.1, 0.15) is 33.3 Å². The second kappa shape index (κ2) is 9.60. The molecule has 1 N–H and O–H groups in total. The van der Waals surface area contributed by atoms with Gasteiger partial charge in [0.25, 0.3) is 5.91 Å². The number of halogens is 1. The van der Waals surface area contributed by atoms with Gasteiger partial charge in [-0.1, -0.05) is 12.1 Å². The average Bonchev–Trinajstić information content (AvgIpc) is 3.39. The van der Waals surface area contributed by atoms with Crippen LogP contribution in [0.4, 0.5) is 10.1 Å². The van der Waals surface area contributed by atoms with Crippen molar-refractivity contribution in [3.63, 3.8) is 0 Å². The van der Waals surface area contributed by atoms with Crippen LogP contribution in [0.3, 0.4) is 0 Å². The Balaban J connectivity index is 1.41. The number of carbonyl (C=O) groups is 1. The van der Waals surface area contributed by atoms with Gasteiger partial charge in [0.2, 0.25) is 0 Å². The number of anilines is 1. The van der Waals surface area contributed by atoms with E-state index in [-0.39, 0.29) is 24.1 Å². The summed E-state index contributed by atoms with van der Waals surface area (Å²) in [5.74, 6) is 1.21. The zero-order valence-corrected chi connectivity index (χ0v) is 18.6. The van der Waals surface area contributed by atoms with E-state index in [1.54, 1.807) is 19.2 Å². The quantitative estimate of drug-likeness (QED) is 0.404. The number of amides is 1. The first kappa shape index (κ1) is 22.1. The molecule has 0 aliphatic rings. The minimum atomic E-state index is -0.379. The molecular weight excluding hydrogens is 425 g/mol. The number of rotatable bonds is 8. The number of ether oxygens (including phenoxy) is 2. The number of nitrogens with zero attached hydrogens (tertiary/aromatic N) is 2. The third-order valence-corrected chi connectivity index (χ3v) is 5.17. The second-order valence-corrected chi connectivity index (χ2v) is 7.52. The smallest absolute Gasteiger partial charge is 0.291 e. The molecule has 0 spiro atoms. The molecule has 0 saturated heterocycles. The molecule has 2 aromatic heterocycles. The lowest BCUT2D eigenvalue weighted by Crippen LogP contribution is -2.12. The summed E-state index contributed by atoms with van der Waals surface area (Å²) in [7, 11) is 1.63. The maximum absolute atomic E-state index is 13.0. The SMILES string of the molecule is COc1cccc(Cn2nc(C)c(NC(=O)c3ccc(COc4ccc(F)cc4)o3)c2C)c1. The van der Waals surface area contributed by atoms with Gasteiger partial charge in [-0.15, -0.1) is 0 Å². The third-order valence-electron chi connectivity index (χ3n) is 5.17. The van der Waals surface area contributed by atoms with Crippen molar-refractivity contribution in [2.45, 2.75) is 27.0 Å². The summed E-state index contributed by atoms with van der Waals surface area (Å²) in [6, 6.07) is 16.7. The molecule has 2 heterocycles. The Hall–Kier alpha value is -4.07. The highest BCUT2D eigenvalue weighted by molar-refractivity contribution is 6.02. The van der Waals surface area contributed by atoms with Gasteiger partial charge >= 0.3 is 0 Å². The Bertz CT molecular complexity index is 1260. The Kier molecular flexibility index (Phi) is 6.44. The molecule has 0 fully saturated rings. The van der Waals surface area contributed by atoms with E-state index in [4.69, 9.17) is 13.9 Å². The van der Waals surface area contributed by atoms with Crippen molar-refractivity contribution in [3.8, 4) is 11.5 Å². The summed E-state index contributed by atoms with van der Waals surface area (Å²) in [5.41, 5.74) is 3.21. The molecule has 0 bridgehead atoms. The van der Waals surface area contributed by atoms with E-state index < -0.39 is 0 Å². The summed E-state index contributed by atoms with van der Waals surface area (Å²) in [6.45, 7) is 4.41. The van der Waals surface area contributed by atoms with E-state index in [1.807, 2.05) is 42.8 Å². The molecule has 0 aliphatic heterocycles. The first-order valence-corrected chi connectivity index (χ1v) is 10.4. The van der Waals surface area contributed by atoms with Gasteiger partial charge in [0, 0.05) is 0 Å². The standard InChI is InChI=1S/C25H24FN3O4/c1-16-24(17(2)29(28-16)14-18-5-4-6-21(13-18)31-3)27-25(30)23-12-11-22(33-23)15-32-20-9-7-19(26)8-10-20/h4-13H,14-15H2,1-3H3,(H,27,30). The normalized spacial score (nSPS) is 10.8. The highest BCUT2D eigenvalue weighted by atomic mass is 19.1. The second-order valence-electron chi connectivity index (χ2n) is 7.52. The van der Waals surface area contributed by atoms with E-state index in [0.29, 0.717) is 29.4 Å². The minimum Gasteiger partial charge on any atom is -0.497 e. The summed E-state index contributed by atoms with van der Waals surface area (Å²) < 4.78 is 31.3. The Morgan fingerprint density at radius 2 is 1.88 bits per heavy atom. The highest BCUT2D eigenvalue weighted by Crippen LogP contribution is 2.23. The highest BCUT2D eigenvalue weighted by Gasteiger charge is 2.18. The molecule has 4 rings (SSSR count). The number of aromatic nitrogens is 2. The summed E-state index contributed by atoms with van der Waals surface area (Å²) in [4.78, 5) is 12.8. The van der Waals surface area contributed by atoms with Gasteiger partial charge < -0.3 is 19.2 Å². The summed E-state index contributed by atoms with van der Waals surface area (Å²) >= 11 is 0. The van der Waals surface area contributed by atoms with Crippen LogP contribution in [0.2, 0.25) is 0 Å². The largest absolute Gasteiger partial charge is 0.497 e. The number of nitrogens with one attached hydrogen (secondary N) is 1. The minimum absolute atomic E-state index is 0.120. The van der Waals surface area contributed by atoms with Crippen LogP contribution in [0, 0.1) is 19.7 Å². The van der Waals surface area contributed by atoms with Crippen LogP contribution in [0.25, 0.3) is 0 Å². The molecule has 8 heteroatoms.